The second kappa shape index (κ2) is 7.04. The first kappa shape index (κ1) is 15.3. The summed E-state index contributed by atoms with van der Waals surface area (Å²) < 4.78 is 13.0. The molecule has 0 atom stereocenters. The Labute approximate surface area is 124 Å². The molecule has 0 radical (unpaired) electrons. The summed E-state index contributed by atoms with van der Waals surface area (Å²) in [6.07, 6.45) is 3.16. The van der Waals surface area contributed by atoms with Gasteiger partial charge < -0.3 is 10.2 Å². The summed E-state index contributed by atoms with van der Waals surface area (Å²) >= 11 is 5.90. The molecular weight excluding hydrogens is 279 g/mol. The van der Waals surface area contributed by atoms with Crippen LogP contribution in [0.1, 0.15) is 36.5 Å². The molecule has 0 spiro atoms. The molecule has 1 aliphatic heterocycles. The first-order chi connectivity index (χ1) is 9.60. The quantitative estimate of drug-likeness (QED) is 0.871. The summed E-state index contributed by atoms with van der Waals surface area (Å²) in [5.41, 5.74) is 0.344. The van der Waals surface area contributed by atoms with Crippen LogP contribution in [0.4, 0.5) is 4.39 Å². The van der Waals surface area contributed by atoms with Crippen LogP contribution in [0.25, 0.3) is 0 Å². The van der Waals surface area contributed by atoms with Crippen molar-refractivity contribution in [3.63, 3.8) is 0 Å². The van der Waals surface area contributed by atoms with Gasteiger partial charge in [-0.05, 0) is 24.6 Å². The number of carbonyl (C=O) groups is 1. The fraction of sp³-hybridized carbons (Fsp3) is 0.533. The Morgan fingerprint density at radius 2 is 2.15 bits per heavy atom. The fourth-order valence-electron chi connectivity index (χ4n) is 2.71. The maximum Gasteiger partial charge on any atom is 0.253 e. The van der Waals surface area contributed by atoms with Crippen molar-refractivity contribution >= 4 is 17.5 Å². The van der Waals surface area contributed by atoms with Crippen LogP contribution in [0.5, 0.6) is 0 Å². The molecule has 1 amide bonds. The third-order valence-electron chi connectivity index (χ3n) is 3.81. The number of carbonyl (C=O) groups excluding carboxylic acids is 1. The van der Waals surface area contributed by atoms with Crippen LogP contribution in [0.2, 0.25) is 5.02 Å². The highest BCUT2D eigenvalue weighted by Crippen LogP contribution is 2.17. The van der Waals surface area contributed by atoms with Crippen molar-refractivity contribution in [2.24, 2.45) is 0 Å². The van der Waals surface area contributed by atoms with Crippen LogP contribution in [-0.2, 0) is 0 Å². The minimum Gasteiger partial charge on any atom is -0.349 e. The summed E-state index contributed by atoms with van der Waals surface area (Å²) in [7, 11) is 0. The second-order valence-corrected chi connectivity index (χ2v) is 5.78. The zero-order valence-corrected chi connectivity index (χ0v) is 12.5. The topological polar surface area (TPSA) is 33.5 Å². The number of hydrogen-bond donors (Lipinski definition) is 2. The molecule has 20 heavy (non-hydrogen) atoms. The lowest BCUT2D eigenvalue weighted by Gasteiger charge is -2.29. The SMILES string of the molecule is CCC[NH+]1CCC(NC(=O)c2ccc(F)cc2Cl)CC1. The van der Waals surface area contributed by atoms with E-state index in [2.05, 4.69) is 12.2 Å². The number of halogens is 2. The number of likely N-dealkylation sites (tertiary alicyclic amines) is 1. The Morgan fingerprint density at radius 3 is 2.75 bits per heavy atom. The summed E-state index contributed by atoms with van der Waals surface area (Å²) in [5.74, 6) is -0.637. The molecule has 3 nitrogen and oxygen atoms in total. The van der Waals surface area contributed by atoms with E-state index < -0.39 is 5.82 Å². The third kappa shape index (κ3) is 3.93. The monoisotopic (exact) mass is 299 g/mol. The minimum absolute atomic E-state index is 0.163. The lowest BCUT2D eigenvalue weighted by molar-refractivity contribution is -0.905. The molecular formula is C15H21ClFN2O+. The van der Waals surface area contributed by atoms with Gasteiger partial charge in [0.15, 0.2) is 0 Å². The van der Waals surface area contributed by atoms with Crippen LogP contribution in [0, 0.1) is 5.82 Å². The maximum absolute atomic E-state index is 13.0. The number of rotatable bonds is 4. The summed E-state index contributed by atoms with van der Waals surface area (Å²) in [5, 5.41) is 3.16. The van der Waals surface area contributed by atoms with Gasteiger partial charge in [0.1, 0.15) is 5.82 Å². The molecule has 0 aliphatic carbocycles. The highest BCUT2D eigenvalue weighted by Gasteiger charge is 2.23. The smallest absolute Gasteiger partial charge is 0.253 e. The van der Waals surface area contributed by atoms with E-state index >= 15 is 0 Å². The molecule has 0 aromatic heterocycles. The largest absolute Gasteiger partial charge is 0.349 e. The first-order valence-electron chi connectivity index (χ1n) is 7.19. The van der Waals surface area contributed by atoms with Crippen LogP contribution in [0.15, 0.2) is 18.2 Å². The zero-order valence-electron chi connectivity index (χ0n) is 11.7. The normalized spacial score (nSPS) is 22.6. The molecule has 1 aromatic rings. The Kier molecular flexibility index (Phi) is 5.38. The van der Waals surface area contributed by atoms with Crippen molar-refractivity contribution in [3.05, 3.63) is 34.6 Å². The number of hydrogen-bond acceptors (Lipinski definition) is 1. The van der Waals surface area contributed by atoms with Crippen molar-refractivity contribution in [2.45, 2.75) is 32.2 Å². The van der Waals surface area contributed by atoms with Crippen LogP contribution in [-0.4, -0.2) is 31.6 Å². The first-order valence-corrected chi connectivity index (χ1v) is 7.57. The van der Waals surface area contributed by atoms with Gasteiger partial charge in [-0.1, -0.05) is 18.5 Å². The van der Waals surface area contributed by atoms with E-state index in [1.807, 2.05) is 0 Å². The van der Waals surface area contributed by atoms with Gasteiger partial charge in [0, 0.05) is 18.9 Å². The van der Waals surface area contributed by atoms with Gasteiger partial charge in [-0.25, -0.2) is 4.39 Å². The number of benzene rings is 1. The van der Waals surface area contributed by atoms with Crippen molar-refractivity contribution in [2.75, 3.05) is 19.6 Å². The number of quaternary nitrogens is 1. The lowest BCUT2D eigenvalue weighted by atomic mass is 10.0. The summed E-state index contributed by atoms with van der Waals surface area (Å²) in [4.78, 5) is 13.7. The maximum atomic E-state index is 13.0. The van der Waals surface area contributed by atoms with Gasteiger partial charge in [0.2, 0.25) is 0 Å². The standard InChI is InChI=1S/C15H20ClFN2O/c1-2-7-19-8-5-12(6-9-19)18-15(20)13-4-3-11(17)10-14(13)16/h3-4,10,12H,2,5-9H2,1H3,(H,18,20)/p+1. The predicted molar refractivity (Wildman–Crippen MR) is 77.8 cm³/mol. The Hall–Kier alpha value is -1.13. The van der Waals surface area contributed by atoms with Crippen molar-refractivity contribution < 1.29 is 14.1 Å². The Bertz CT molecular complexity index is 473. The summed E-state index contributed by atoms with van der Waals surface area (Å²) in [6.45, 7) is 5.58. The molecule has 2 N–H and O–H groups in total. The second-order valence-electron chi connectivity index (χ2n) is 5.37. The Balaban J connectivity index is 1.89. The van der Waals surface area contributed by atoms with Gasteiger partial charge in [-0.2, -0.15) is 0 Å². The highest BCUT2D eigenvalue weighted by atomic mass is 35.5. The van der Waals surface area contributed by atoms with E-state index in [1.54, 1.807) is 4.90 Å². The van der Waals surface area contributed by atoms with E-state index in [1.165, 1.54) is 31.2 Å². The number of piperidine rings is 1. The Morgan fingerprint density at radius 1 is 1.45 bits per heavy atom. The lowest BCUT2D eigenvalue weighted by Crippen LogP contribution is -3.13. The van der Waals surface area contributed by atoms with E-state index in [0.29, 0.717) is 5.56 Å². The van der Waals surface area contributed by atoms with Crippen molar-refractivity contribution in [1.29, 1.82) is 0 Å². The molecule has 1 aromatic carbocycles. The molecule has 2 rings (SSSR count). The van der Waals surface area contributed by atoms with Gasteiger partial charge in [-0.15, -0.1) is 0 Å². The molecule has 0 bridgehead atoms. The van der Waals surface area contributed by atoms with E-state index in [9.17, 15) is 9.18 Å². The summed E-state index contributed by atoms with van der Waals surface area (Å²) in [6, 6.07) is 4.06. The average molecular weight is 300 g/mol. The number of amides is 1. The minimum atomic E-state index is -0.428. The molecule has 1 heterocycles. The zero-order chi connectivity index (χ0) is 14.5. The van der Waals surface area contributed by atoms with E-state index in [0.717, 1.165) is 25.9 Å². The molecule has 0 unspecified atom stereocenters. The van der Waals surface area contributed by atoms with E-state index in [-0.39, 0.29) is 17.0 Å². The van der Waals surface area contributed by atoms with Crippen LogP contribution < -0.4 is 10.2 Å². The van der Waals surface area contributed by atoms with Crippen molar-refractivity contribution in [1.82, 2.24) is 5.32 Å². The van der Waals surface area contributed by atoms with Gasteiger partial charge in [0.25, 0.3) is 5.91 Å². The van der Waals surface area contributed by atoms with Crippen molar-refractivity contribution in [3.8, 4) is 0 Å². The average Bonchev–Trinajstić information content (AvgIpc) is 2.41. The van der Waals surface area contributed by atoms with Gasteiger partial charge >= 0.3 is 0 Å². The van der Waals surface area contributed by atoms with E-state index in [4.69, 9.17) is 11.6 Å². The third-order valence-corrected chi connectivity index (χ3v) is 4.12. The highest BCUT2D eigenvalue weighted by molar-refractivity contribution is 6.33. The predicted octanol–water partition coefficient (Wildman–Crippen LogP) is 1.67. The van der Waals surface area contributed by atoms with Gasteiger partial charge in [-0.3, -0.25) is 4.79 Å². The number of nitrogens with one attached hydrogen (secondary N) is 2. The molecule has 1 aliphatic rings. The van der Waals surface area contributed by atoms with Crippen LogP contribution >= 0.6 is 11.6 Å². The molecule has 5 heteroatoms. The van der Waals surface area contributed by atoms with Crippen LogP contribution in [0.3, 0.4) is 0 Å². The fourth-order valence-corrected chi connectivity index (χ4v) is 2.96. The van der Waals surface area contributed by atoms with Gasteiger partial charge in [0.05, 0.1) is 30.2 Å². The molecule has 110 valence electrons. The molecule has 0 saturated carbocycles. The molecule has 1 saturated heterocycles. The molecule has 1 fully saturated rings.